The molecule has 33 heavy (non-hydrogen) atoms. The van der Waals surface area contributed by atoms with Gasteiger partial charge in [0, 0.05) is 5.69 Å². The average Bonchev–Trinajstić information content (AvgIpc) is 2.84. The van der Waals surface area contributed by atoms with Crippen molar-refractivity contribution in [2.24, 2.45) is 0 Å². The molecular weight excluding hydrogens is 433 g/mol. The highest BCUT2D eigenvalue weighted by molar-refractivity contribution is 5.93. The van der Waals surface area contributed by atoms with Crippen LogP contribution in [0.4, 0.5) is 10.1 Å². The van der Waals surface area contributed by atoms with Gasteiger partial charge in [-0.05, 0) is 66.7 Å². The summed E-state index contributed by atoms with van der Waals surface area (Å²) < 4.78 is 33.6. The molecule has 3 aromatic carbocycles. The molecule has 0 atom stereocenters. The van der Waals surface area contributed by atoms with E-state index in [1.807, 2.05) is 0 Å². The van der Waals surface area contributed by atoms with Gasteiger partial charge in [0.25, 0.3) is 5.91 Å². The number of methoxy groups -OCH3 is 2. The summed E-state index contributed by atoms with van der Waals surface area (Å²) in [4.78, 5) is 36.0. The molecule has 0 fully saturated rings. The molecule has 3 rings (SSSR count). The maximum atomic E-state index is 12.9. The van der Waals surface area contributed by atoms with Crippen LogP contribution in [-0.4, -0.2) is 38.7 Å². The molecule has 0 bridgehead atoms. The molecule has 1 amide bonds. The third-order valence-electron chi connectivity index (χ3n) is 4.37. The van der Waals surface area contributed by atoms with Gasteiger partial charge in [-0.1, -0.05) is 0 Å². The highest BCUT2D eigenvalue weighted by atomic mass is 19.1. The summed E-state index contributed by atoms with van der Waals surface area (Å²) in [6, 6.07) is 15.5. The van der Waals surface area contributed by atoms with Gasteiger partial charge in [-0.15, -0.1) is 0 Å². The van der Waals surface area contributed by atoms with Crippen molar-refractivity contribution in [2.75, 3.05) is 26.1 Å². The summed E-state index contributed by atoms with van der Waals surface area (Å²) in [6.07, 6.45) is 0. The van der Waals surface area contributed by atoms with Gasteiger partial charge < -0.3 is 24.3 Å². The van der Waals surface area contributed by atoms with E-state index in [0.29, 0.717) is 11.3 Å². The van der Waals surface area contributed by atoms with Crippen LogP contribution >= 0.6 is 0 Å². The summed E-state index contributed by atoms with van der Waals surface area (Å²) in [5.74, 6) is -1.32. The molecule has 0 aliphatic carbocycles. The number of anilines is 1. The molecule has 0 radical (unpaired) electrons. The van der Waals surface area contributed by atoms with Crippen molar-refractivity contribution in [2.45, 2.75) is 0 Å². The second kappa shape index (κ2) is 10.8. The maximum Gasteiger partial charge on any atom is 0.343 e. The van der Waals surface area contributed by atoms with Gasteiger partial charge in [0.15, 0.2) is 18.1 Å². The zero-order chi connectivity index (χ0) is 23.8. The van der Waals surface area contributed by atoms with Crippen molar-refractivity contribution < 1.29 is 37.7 Å². The van der Waals surface area contributed by atoms with Crippen LogP contribution in [0.3, 0.4) is 0 Å². The molecule has 170 valence electrons. The molecule has 0 saturated carbocycles. The molecule has 8 nitrogen and oxygen atoms in total. The van der Waals surface area contributed by atoms with Gasteiger partial charge in [0.05, 0.1) is 25.3 Å². The molecular formula is C24H20FNO7. The fourth-order valence-electron chi connectivity index (χ4n) is 2.73. The molecule has 0 spiro atoms. The van der Waals surface area contributed by atoms with Crippen LogP contribution in [0, 0.1) is 5.82 Å². The molecule has 9 heteroatoms. The number of halogens is 1. The van der Waals surface area contributed by atoms with Gasteiger partial charge in [0.2, 0.25) is 0 Å². The van der Waals surface area contributed by atoms with Crippen LogP contribution in [0.1, 0.15) is 20.7 Å². The summed E-state index contributed by atoms with van der Waals surface area (Å²) in [7, 11) is 2.66. The first-order valence-electron chi connectivity index (χ1n) is 9.66. The topological polar surface area (TPSA) is 100 Å². The van der Waals surface area contributed by atoms with E-state index >= 15 is 0 Å². The van der Waals surface area contributed by atoms with E-state index in [9.17, 15) is 18.8 Å². The van der Waals surface area contributed by atoms with Gasteiger partial charge in [-0.25, -0.2) is 14.0 Å². The first kappa shape index (κ1) is 23.3. The largest absolute Gasteiger partial charge is 0.493 e. The van der Waals surface area contributed by atoms with Gasteiger partial charge in [0.1, 0.15) is 11.6 Å². The maximum absolute atomic E-state index is 12.9. The molecule has 3 aromatic rings. The van der Waals surface area contributed by atoms with Crippen molar-refractivity contribution in [1.82, 2.24) is 0 Å². The second-order valence-corrected chi connectivity index (χ2v) is 6.61. The number of ether oxygens (including phenoxy) is 4. The SMILES string of the molecule is COC(=O)c1ccc(OC(=O)c2ccc(OCC(=O)Nc3ccc(F)cc3)c(OC)c2)cc1. The summed E-state index contributed by atoms with van der Waals surface area (Å²) in [5.41, 5.74) is 0.936. The minimum atomic E-state index is -0.653. The van der Waals surface area contributed by atoms with Gasteiger partial charge in [-0.3, -0.25) is 4.79 Å². The first-order valence-corrected chi connectivity index (χ1v) is 9.66. The van der Waals surface area contributed by atoms with E-state index in [4.69, 9.17) is 14.2 Å². The predicted octanol–water partition coefficient (Wildman–Crippen LogP) is 3.86. The average molecular weight is 453 g/mol. The third-order valence-corrected chi connectivity index (χ3v) is 4.37. The summed E-state index contributed by atoms with van der Waals surface area (Å²) >= 11 is 0. The quantitative estimate of drug-likeness (QED) is 0.408. The van der Waals surface area contributed by atoms with Crippen molar-refractivity contribution >= 4 is 23.5 Å². The van der Waals surface area contributed by atoms with Crippen molar-refractivity contribution in [1.29, 1.82) is 0 Å². The Morgan fingerprint density at radius 3 is 2.12 bits per heavy atom. The van der Waals surface area contributed by atoms with Crippen LogP contribution in [-0.2, 0) is 9.53 Å². The van der Waals surface area contributed by atoms with E-state index in [1.165, 1.54) is 80.9 Å². The number of benzene rings is 3. The Kier molecular flexibility index (Phi) is 7.59. The standard InChI is InChI=1S/C24H20FNO7/c1-30-21-13-16(24(29)33-19-10-3-15(4-11-19)23(28)31-2)5-12-20(21)32-14-22(27)26-18-8-6-17(25)7-9-18/h3-13H,14H2,1-2H3,(H,26,27). The van der Waals surface area contributed by atoms with Gasteiger partial charge >= 0.3 is 11.9 Å². The van der Waals surface area contributed by atoms with E-state index in [1.54, 1.807) is 0 Å². The van der Waals surface area contributed by atoms with E-state index in [-0.39, 0.29) is 29.4 Å². The molecule has 0 aliphatic rings. The Bertz CT molecular complexity index is 1140. The molecule has 1 N–H and O–H groups in total. The number of hydrogen-bond acceptors (Lipinski definition) is 7. The number of rotatable bonds is 8. The number of esters is 2. The molecule has 0 saturated heterocycles. The fraction of sp³-hybridized carbons (Fsp3) is 0.125. The third kappa shape index (κ3) is 6.30. The lowest BCUT2D eigenvalue weighted by atomic mass is 10.2. The molecule has 0 aromatic heterocycles. The highest BCUT2D eigenvalue weighted by Crippen LogP contribution is 2.29. The lowest BCUT2D eigenvalue weighted by molar-refractivity contribution is -0.118. The minimum absolute atomic E-state index is 0.187. The second-order valence-electron chi connectivity index (χ2n) is 6.61. The predicted molar refractivity (Wildman–Crippen MR) is 116 cm³/mol. The number of carbonyl (C=O) groups excluding carboxylic acids is 3. The number of hydrogen-bond donors (Lipinski definition) is 1. The number of nitrogens with one attached hydrogen (secondary N) is 1. The zero-order valence-corrected chi connectivity index (χ0v) is 17.8. The van der Waals surface area contributed by atoms with E-state index < -0.39 is 23.7 Å². The summed E-state index contributed by atoms with van der Waals surface area (Å²) in [5, 5.41) is 2.57. The lowest BCUT2D eigenvalue weighted by Gasteiger charge is -2.12. The van der Waals surface area contributed by atoms with Crippen molar-refractivity contribution in [3.8, 4) is 17.2 Å². The Morgan fingerprint density at radius 2 is 1.48 bits per heavy atom. The van der Waals surface area contributed by atoms with Crippen LogP contribution < -0.4 is 19.5 Å². The molecule has 0 heterocycles. The zero-order valence-electron chi connectivity index (χ0n) is 17.8. The highest BCUT2D eigenvalue weighted by Gasteiger charge is 2.15. The van der Waals surface area contributed by atoms with Crippen LogP contribution in [0.2, 0.25) is 0 Å². The fourth-order valence-corrected chi connectivity index (χ4v) is 2.73. The normalized spacial score (nSPS) is 10.2. The van der Waals surface area contributed by atoms with Crippen LogP contribution in [0.25, 0.3) is 0 Å². The van der Waals surface area contributed by atoms with Crippen LogP contribution in [0.15, 0.2) is 66.7 Å². The monoisotopic (exact) mass is 453 g/mol. The Morgan fingerprint density at radius 1 is 0.818 bits per heavy atom. The Balaban J connectivity index is 1.61. The first-order chi connectivity index (χ1) is 15.9. The van der Waals surface area contributed by atoms with Gasteiger partial charge in [-0.2, -0.15) is 0 Å². The van der Waals surface area contributed by atoms with Crippen molar-refractivity contribution in [3.05, 3.63) is 83.7 Å². The molecule has 0 unspecified atom stereocenters. The number of carbonyl (C=O) groups is 3. The smallest absolute Gasteiger partial charge is 0.343 e. The van der Waals surface area contributed by atoms with Crippen LogP contribution in [0.5, 0.6) is 17.2 Å². The summed E-state index contributed by atoms with van der Waals surface area (Å²) in [6.45, 7) is -0.329. The van der Waals surface area contributed by atoms with Crippen molar-refractivity contribution in [3.63, 3.8) is 0 Å². The lowest BCUT2D eigenvalue weighted by Crippen LogP contribution is -2.20. The van der Waals surface area contributed by atoms with E-state index in [2.05, 4.69) is 10.1 Å². The van der Waals surface area contributed by atoms with E-state index in [0.717, 1.165) is 0 Å². The molecule has 0 aliphatic heterocycles. The Labute approximate surface area is 188 Å². The Hall–Kier alpha value is -4.40. The number of amides is 1. The minimum Gasteiger partial charge on any atom is -0.493 e.